The van der Waals surface area contributed by atoms with E-state index in [0.29, 0.717) is 0 Å². The fourth-order valence-corrected chi connectivity index (χ4v) is 2.54. The Bertz CT molecular complexity index is 764. The van der Waals surface area contributed by atoms with Gasteiger partial charge in [0.25, 0.3) is 0 Å². The lowest BCUT2D eigenvalue weighted by molar-refractivity contribution is 0.250. The van der Waals surface area contributed by atoms with E-state index >= 15 is 0 Å². The number of aromatic nitrogens is 1. The highest BCUT2D eigenvalue weighted by molar-refractivity contribution is 5.89. The molecular formula is C20H19N3O. The molecule has 0 aliphatic rings. The summed E-state index contributed by atoms with van der Waals surface area (Å²) in [5, 5.41) is 5.88. The Morgan fingerprint density at radius 1 is 0.958 bits per heavy atom. The third-order valence-electron chi connectivity index (χ3n) is 3.67. The van der Waals surface area contributed by atoms with E-state index in [1.165, 1.54) is 0 Å². The van der Waals surface area contributed by atoms with Crippen LogP contribution in [0.5, 0.6) is 0 Å². The van der Waals surface area contributed by atoms with Gasteiger partial charge >= 0.3 is 6.03 Å². The van der Waals surface area contributed by atoms with Gasteiger partial charge in [0.05, 0.1) is 11.7 Å². The Morgan fingerprint density at radius 2 is 1.75 bits per heavy atom. The van der Waals surface area contributed by atoms with Crippen LogP contribution in [0, 0.1) is 6.92 Å². The summed E-state index contributed by atoms with van der Waals surface area (Å²) in [5.74, 6) is 0. The smallest absolute Gasteiger partial charge is 0.320 e. The summed E-state index contributed by atoms with van der Waals surface area (Å²) in [5.41, 5.74) is 3.64. The van der Waals surface area contributed by atoms with E-state index < -0.39 is 0 Å². The Balaban J connectivity index is 1.80. The van der Waals surface area contributed by atoms with Crippen molar-refractivity contribution in [2.24, 2.45) is 0 Å². The average molecular weight is 317 g/mol. The van der Waals surface area contributed by atoms with Gasteiger partial charge in [-0.2, -0.15) is 0 Å². The SMILES string of the molecule is Cc1cccc(NC(=O)NC(c2ccccc2)c2ccccn2)c1. The molecule has 0 radical (unpaired) electrons. The maximum atomic E-state index is 12.4. The molecule has 1 atom stereocenters. The molecule has 0 saturated carbocycles. The van der Waals surface area contributed by atoms with Gasteiger partial charge in [0.15, 0.2) is 0 Å². The van der Waals surface area contributed by atoms with Crippen LogP contribution in [0.15, 0.2) is 79.0 Å². The lowest BCUT2D eigenvalue weighted by Gasteiger charge is -2.19. The lowest BCUT2D eigenvalue weighted by atomic mass is 10.0. The molecule has 3 aromatic rings. The van der Waals surface area contributed by atoms with Gasteiger partial charge < -0.3 is 10.6 Å². The molecule has 1 aromatic heterocycles. The molecule has 1 unspecified atom stereocenters. The van der Waals surface area contributed by atoms with Gasteiger partial charge in [-0.25, -0.2) is 4.79 Å². The van der Waals surface area contributed by atoms with Gasteiger partial charge in [0.1, 0.15) is 0 Å². The van der Waals surface area contributed by atoms with Crippen molar-refractivity contribution in [1.29, 1.82) is 0 Å². The standard InChI is InChI=1S/C20H19N3O/c1-15-8-7-11-17(14-15)22-20(24)23-19(16-9-3-2-4-10-16)18-12-5-6-13-21-18/h2-14,19H,1H3,(H2,22,23,24). The molecular weight excluding hydrogens is 298 g/mol. The minimum Gasteiger partial charge on any atom is -0.325 e. The molecule has 0 bridgehead atoms. The van der Waals surface area contributed by atoms with Crippen molar-refractivity contribution in [3.63, 3.8) is 0 Å². The summed E-state index contributed by atoms with van der Waals surface area (Å²) >= 11 is 0. The van der Waals surface area contributed by atoms with Gasteiger partial charge in [-0.15, -0.1) is 0 Å². The summed E-state index contributed by atoms with van der Waals surface area (Å²) in [6.45, 7) is 1.99. The Kier molecular flexibility index (Phi) is 4.87. The first-order valence-electron chi connectivity index (χ1n) is 7.82. The van der Waals surface area contributed by atoms with Crippen molar-refractivity contribution in [2.45, 2.75) is 13.0 Å². The minimum absolute atomic E-state index is 0.264. The predicted molar refractivity (Wildman–Crippen MR) is 95.9 cm³/mol. The van der Waals surface area contributed by atoms with Gasteiger partial charge in [-0.3, -0.25) is 4.98 Å². The molecule has 4 nitrogen and oxygen atoms in total. The van der Waals surface area contributed by atoms with E-state index in [4.69, 9.17) is 0 Å². The molecule has 2 amide bonds. The molecule has 3 rings (SSSR count). The first-order chi connectivity index (χ1) is 11.7. The monoisotopic (exact) mass is 317 g/mol. The predicted octanol–water partition coefficient (Wildman–Crippen LogP) is 4.30. The zero-order valence-electron chi connectivity index (χ0n) is 13.4. The molecule has 1 heterocycles. The number of benzene rings is 2. The van der Waals surface area contributed by atoms with Crippen molar-refractivity contribution in [3.05, 3.63) is 95.8 Å². The zero-order chi connectivity index (χ0) is 16.8. The maximum Gasteiger partial charge on any atom is 0.320 e. The summed E-state index contributed by atoms with van der Waals surface area (Å²) in [4.78, 5) is 16.8. The van der Waals surface area contributed by atoms with Crippen molar-refractivity contribution in [3.8, 4) is 0 Å². The van der Waals surface area contributed by atoms with Gasteiger partial charge in [0, 0.05) is 11.9 Å². The molecule has 0 fully saturated rings. The highest BCUT2D eigenvalue weighted by atomic mass is 16.2. The normalized spacial score (nSPS) is 11.5. The molecule has 4 heteroatoms. The van der Waals surface area contributed by atoms with Crippen LogP contribution in [0.25, 0.3) is 0 Å². The van der Waals surface area contributed by atoms with Crippen molar-refractivity contribution < 1.29 is 4.79 Å². The Hall–Kier alpha value is -3.14. The minimum atomic E-state index is -0.308. The molecule has 0 spiro atoms. The van der Waals surface area contributed by atoms with Crippen LogP contribution in [0.3, 0.4) is 0 Å². The van der Waals surface area contributed by atoms with Crippen LogP contribution < -0.4 is 10.6 Å². The van der Waals surface area contributed by atoms with E-state index in [1.807, 2.05) is 79.7 Å². The Labute approximate surface area is 141 Å². The second-order valence-corrected chi connectivity index (χ2v) is 5.57. The molecule has 0 aliphatic heterocycles. The van der Waals surface area contributed by atoms with E-state index in [-0.39, 0.29) is 12.1 Å². The van der Waals surface area contributed by atoms with E-state index in [1.54, 1.807) is 6.20 Å². The fraction of sp³-hybridized carbons (Fsp3) is 0.100. The van der Waals surface area contributed by atoms with Crippen LogP contribution in [-0.2, 0) is 0 Å². The summed E-state index contributed by atoms with van der Waals surface area (Å²) in [6, 6.07) is 22.6. The van der Waals surface area contributed by atoms with Crippen LogP contribution in [0.1, 0.15) is 22.9 Å². The van der Waals surface area contributed by atoms with Crippen molar-refractivity contribution in [2.75, 3.05) is 5.32 Å². The third-order valence-corrected chi connectivity index (χ3v) is 3.67. The topological polar surface area (TPSA) is 54.0 Å². The molecule has 2 aromatic carbocycles. The first kappa shape index (κ1) is 15.7. The number of carbonyl (C=O) groups is 1. The average Bonchev–Trinajstić information content (AvgIpc) is 2.61. The molecule has 24 heavy (non-hydrogen) atoms. The highest BCUT2D eigenvalue weighted by Crippen LogP contribution is 2.20. The number of nitrogens with one attached hydrogen (secondary N) is 2. The van der Waals surface area contributed by atoms with Crippen molar-refractivity contribution >= 4 is 11.7 Å². The summed E-state index contributed by atoms with van der Waals surface area (Å²) in [7, 11) is 0. The van der Waals surface area contributed by atoms with Crippen LogP contribution in [-0.4, -0.2) is 11.0 Å². The number of urea groups is 1. The lowest BCUT2D eigenvalue weighted by Crippen LogP contribution is -2.33. The third kappa shape index (κ3) is 3.98. The summed E-state index contributed by atoms with van der Waals surface area (Å²) in [6.07, 6.45) is 1.73. The summed E-state index contributed by atoms with van der Waals surface area (Å²) < 4.78 is 0. The van der Waals surface area contributed by atoms with E-state index in [9.17, 15) is 4.79 Å². The number of aryl methyl sites for hydroxylation is 1. The molecule has 0 saturated heterocycles. The van der Waals surface area contributed by atoms with Crippen LogP contribution >= 0.6 is 0 Å². The van der Waals surface area contributed by atoms with Crippen LogP contribution in [0.2, 0.25) is 0 Å². The van der Waals surface area contributed by atoms with Crippen LogP contribution in [0.4, 0.5) is 10.5 Å². The molecule has 2 N–H and O–H groups in total. The van der Waals surface area contributed by atoms with Gasteiger partial charge in [-0.05, 0) is 42.3 Å². The number of rotatable bonds is 4. The first-order valence-corrected chi connectivity index (χ1v) is 7.82. The van der Waals surface area contributed by atoms with Gasteiger partial charge in [-0.1, -0.05) is 48.5 Å². The maximum absolute atomic E-state index is 12.4. The number of hydrogen-bond acceptors (Lipinski definition) is 2. The number of nitrogens with zero attached hydrogens (tertiary/aromatic N) is 1. The number of anilines is 1. The number of carbonyl (C=O) groups excluding carboxylic acids is 1. The fourth-order valence-electron chi connectivity index (χ4n) is 2.54. The highest BCUT2D eigenvalue weighted by Gasteiger charge is 2.17. The Morgan fingerprint density at radius 3 is 2.46 bits per heavy atom. The van der Waals surface area contributed by atoms with Gasteiger partial charge in [0.2, 0.25) is 0 Å². The largest absolute Gasteiger partial charge is 0.325 e. The second kappa shape index (κ2) is 7.42. The quantitative estimate of drug-likeness (QED) is 0.753. The number of pyridine rings is 1. The molecule has 120 valence electrons. The molecule has 0 aliphatic carbocycles. The number of hydrogen-bond donors (Lipinski definition) is 2. The second-order valence-electron chi connectivity index (χ2n) is 5.57. The number of amides is 2. The van der Waals surface area contributed by atoms with E-state index in [0.717, 1.165) is 22.5 Å². The zero-order valence-corrected chi connectivity index (χ0v) is 13.4. The van der Waals surface area contributed by atoms with E-state index in [2.05, 4.69) is 15.6 Å². The van der Waals surface area contributed by atoms with Crippen molar-refractivity contribution in [1.82, 2.24) is 10.3 Å².